The summed E-state index contributed by atoms with van der Waals surface area (Å²) in [4.78, 5) is 0. The third kappa shape index (κ3) is 2.79. The van der Waals surface area contributed by atoms with Crippen LogP contribution in [0.15, 0.2) is 42.5 Å². The van der Waals surface area contributed by atoms with E-state index in [9.17, 15) is 0 Å². The highest BCUT2D eigenvalue weighted by molar-refractivity contribution is 5.58. The van der Waals surface area contributed by atoms with Crippen LogP contribution in [-0.4, -0.2) is 5.11 Å². The number of anilines is 1. The molecule has 0 aromatic heterocycles. The van der Waals surface area contributed by atoms with Crippen molar-refractivity contribution in [2.75, 3.05) is 5.73 Å². The number of hydrogen-bond acceptors (Lipinski definition) is 2. The van der Waals surface area contributed by atoms with Gasteiger partial charge in [-0.2, -0.15) is 0 Å². The molecule has 2 aromatic carbocycles. The van der Waals surface area contributed by atoms with Crippen LogP contribution < -0.4 is 5.73 Å². The minimum Gasteiger partial charge on any atom is -0.508 e. The number of rotatable bonds is 0. The molecule has 3 N–H and O–H groups in total. The van der Waals surface area contributed by atoms with Crippen molar-refractivity contribution in [2.24, 2.45) is 0 Å². The van der Waals surface area contributed by atoms with E-state index in [1.54, 1.807) is 24.3 Å². The van der Waals surface area contributed by atoms with E-state index >= 15 is 0 Å². The van der Waals surface area contributed by atoms with Gasteiger partial charge in [0.05, 0.1) is 0 Å². The van der Waals surface area contributed by atoms with Crippen molar-refractivity contribution < 1.29 is 5.11 Å². The number of benzene rings is 2. The third-order valence-corrected chi connectivity index (χ3v) is 2.42. The van der Waals surface area contributed by atoms with Crippen molar-refractivity contribution in [1.82, 2.24) is 0 Å². The summed E-state index contributed by atoms with van der Waals surface area (Å²) in [6.07, 6.45) is 0. The van der Waals surface area contributed by atoms with Crippen LogP contribution in [0.1, 0.15) is 16.7 Å². The van der Waals surface area contributed by atoms with Crippen LogP contribution in [-0.2, 0) is 0 Å². The van der Waals surface area contributed by atoms with Crippen molar-refractivity contribution in [2.45, 2.75) is 6.92 Å². The maximum atomic E-state index is 9.15. The molecule has 2 nitrogen and oxygen atoms in total. The third-order valence-electron chi connectivity index (χ3n) is 2.42. The summed E-state index contributed by atoms with van der Waals surface area (Å²) in [5.41, 5.74) is 9.35. The highest BCUT2D eigenvalue weighted by atomic mass is 16.3. The predicted molar refractivity (Wildman–Crippen MR) is 69.7 cm³/mol. The van der Waals surface area contributed by atoms with Crippen LogP contribution in [0, 0.1) is 18.8 Å². The molecule has 0 radical (unpaired) electrons. The SMILES string of the molecule is Cc1ccc(C#Cc2ccc(O)cc2)c(N)c1. The normalized spacial score (nSPS) is 9.47. The number of phenolic OH excluding ortho intramolecular Hbond substituents is 1. The summed E-state index contributed by atoms with van der Waals surface area (Å²) >= 11 is 0. The van der Waals surface area contributed by atoms with E-state index < -0.39 is 0 Å². The molecule has 0 saturated carbocycles. The van der Waals surface area contributed by atoms with Gasteiger partial charge in [0.2, 0.25) is 0 Å². The minimum atomic E-state index is 0.241. The Morgan fingerprint density at radius 2 is 1.71 bits per heavy atom. The number of aryl methyl sites for hydroxylation is 1. The lowest BCUT2D eigenvalue weighted by Gasteiger charge is -1.99. The summed E-state index contributed by atoms with van der Waals surface area (Å²) in [5, 5.41) is 9.15. The molecule has 0 aliphatic carbocycles. The second kappa shape index (κ2) is 4.63. The van der Waals surface area contributed by atoms with Gasteiger partial charge in [0.1, 0.15) is 5.75 Å². The average molecular weight is 223 g/mol. The lowest BCUT2D eigenvalue weighted by Crippen LogP contribution is -1.90. The van der Waals surface area contributed by atoms with E-state index in [2.05, 4.69) is 11.8 Å². The molecular weight excluding hydrogens is 210 g/mol. The monoisotopic (exact) mass is 223 g/mol. The fourth-order valence-corrected chi connectivity index (χ4v) is 1.48. The lowest BCUT2D eigenvalue weighted by molar-refractivity contribution is 0.475. The van der Waals surface area contributed by atoms with Crippen molar-refractivity contribution in [3.05, 3.63) is 59.2 Å². The van der Waals surface area contributed by atoms with E-state index in [1.165, 1.54) is 0 Å². The average Bonchev–Trinajstić information content (AvgIpc) is 2.30. The second-order valence-corrected chi connectivity index (χ2v) is 3.89. The first-order valence-electron chi connectivity index (χ1n) is 5.32. The smallest absolute Gasteiger partial charge is 0.115 e. The van der Waals surface area contributed by atoms with Crippen LogP contribution in [0.4, 0.5) is 5.69 Å². The maximum absolute atomic E-state index is 9.15. The van der Waals surface area contributed by atoms with Gasteiger partial charge in [0, 0.05) is 16.8 Å². The van der Waals surface area contributed by atoms with E-state index in [0.29, 0.717) is 5.69 Å². The first-order valence-corrected chi connectivity index (χ1v) is 5.32. The zero-order valence-electron chi connectivity index (χ0n) is 9.57. The Balaban J connectivity index is 2.29. The van der Waals surface area contributed by atoms with E-state index in [0.717, 1.165) is 16.7 Å². The molecule has 2 rings (SSSR count). The molecule has 2 aromatic rings. The van der Waals surface area contributed by atoms with Gasteiger partial charge in [-0.1, -0.05) is 17.9 Å². The van der Waals surface area contributed by atoms with Crippen molar-refractivity contribution in [1.29, 1.82) is 0 Å². The van der Waals surface area contributed by atoms with Crippen LogP contribution in [0.5, 0.6) is 5.75 Å². The van der Waals surface area contributed by atoms with Gasteiger partial charge in [0.15, 0.2) is 0 Å². The number of phenols is 1. The second-order valence-electron chi connectivity index (χ2n) is 3.89. The molecule has 0 aliphatic rings. The first-order chi connectivity index (χ1) is 8.15. The summed E-state index contributed by atoms with van der Waals surface area (Å²) in [6, 6.07) is 12.6. The fraction of sp³-hybridized carbons (Fsp3) is 0.0667. The largest absolute Gasteiger partial charge is 0.508 e. The maximum Gasteiger partial charge on any atom is 0.115 e. The van der Waals surface area contributed by atoms with Gasteiger partial charge in [-0.25, -0.2) is 0 Å². The van der Waals surface area contributed by atoms with Crippen molar-refractivity contribution in [3.63, 3.8) is 0 Å². The van der Waals surface area contributed by atoms with Gasteiger partial charge in [-0.3, -0.25) is 0 Å². The highest BCUT2D eigenvalue weighted by Crippen LogP contribution is 2.13. The standard InChI is InChI=1S/C15H13NO/c1-11-2-6-13(15(16)10-11)7-3-12-4-8-14(17)9-5-12/h2,4-6,8-10,17H,16H2,1H3. The van der Waals surface area contributed by atoms with Gasteiger partial charge < -0.3 is 10.8 Å². The fourth-order valence-electron chi connectivity index (χ4n) is 1.48. The topological polar surface area (TPSA) is 46.2 Å². The van der Waals surface area contributed by atoms with E-state index in [4.69, 9.17) is 10.8 Å². The van der Waals surface area contributed by atoms with Crippen LogP contribution in [0.2, 0.25) is 0 Å². The number of nitrogens with two attached hydrogens (primary N) is 1. The molecular formula is C15H13NO. The van der Waals surface area contributed by atoms with Gasteiger partial charge >= 0.3 is 0 Å². The molecule has 17 heavy (non-hydrogen) atoms. The zero-order valence-corrected chi connectivity index (χ0v) is 9.57. The van der Waals surface area contributed by atoms with Gasteiger partial charge in [-0.15, -0.1) is 0 Å². The van der Waals surface area contributed by atoms with Gasteiger partial charge in [0.25, 0.3) is 0 Å². The minimum absolute atomic E-state index is 0.241. The zero-order chi connectivity index (χ0) is 12.3. The number of hydrogen-bond donors (Lipinski definition) is 2. The summed E-state index contributed by atoms with van der Waals surface area (Å²) in [6.45, 7) is 1.99. The highest BCUT2D eigenvalue weighted by Gasteiger charge is 1.95. The van der Waals surface area contributed by atoms with Crippen LogP contribution in [0.25, 0.3) is 0 Å². The lowest BCUT2D eigenvalue weighted by atomic mass is 10.1. The molecule has 0 saturated heterocycles. The Kier molecular flexibility index (Phi) is 3.02. The Hall–Kier alpha value is -2.40. The van der Waals surface area contributed by atoms with Crippen molar-refractivity contribution >= 4 is 5.69 Å². The molecule has 0 unspecified atom stereocenters. The molecule has 0 heterocycles. The Morgan fingerprint density at radius 1 is 1.00 bits per heavy atom. The Bertz CT molecular complexity index is 589. The molecule has 0 spiro atoms. The van der Waals surface area contributed by atoms with Gasteiger partial charge in [-0.05, 0) is 48.9 Å². The molecule has 2 heteroatoms. The van der Waals surface area contributed by atoms with Crippen molar-refractivity contribution in [3.8, 4) is 17.6 Å². The van der Waals surface area contributed by atoms with E-state index in [-0.39, 0.29) is 5.75 Å². The number of aromatic hydroxyl groups is 1. The molecule has 0 bridgehead atoms. The van der Waals surface area contributed by atoms with Crippen LogP contribution >= 0.6 is 0 Å². The Morgan fingerprint density at radius 3 is 2.35 bits per heavy atom. The Labute approximate surface area is 101 Å². The predicted octanol–water partition coefficient (Wildman–Crippen LogP) is 2.68. The molecule has 0 aliphatic heterocycles. The molecule has 0 amide bonds. The van der Waals surface area contributed by atoms with Crippen LogP contribution in [0.3, 0.4) is 0 Å². The molecule has 0 atom stereocenters. The first kappa shape index (κ1) is 11.1. The summed E-state index contributed by atoms with van der Waals surface area (Å²) in [7, 11) is 0. The molecule has 84 valence electrons. The summed E-state index contributed by atoms with van der Waals surface area (Å²) < 4.78 is 0. The summed E-state index contributed by atoms with van der Waals surface area (Å²) in [5.74, 6) is 6.27. The quantitative estimate of drug-likeness (QED) is 0.533. The number of nitrogen functional groups attached to an aromatic ring is 1. The van der Waals surface area contributed by atoms with E-state index in [1.807, 2.05) is 25.1 Å². The molecule has 0 fully saturated rings.